The molecular weight excluding hydrogens is 282 g/mol. The van der Waals surface area contributed by atoms with Crippen LogP contribution in [-0.4, -0.2) is 11.8 Å². The summed E-state index contributed by atoms with van der Waals surface area (Å²) < 4.78 is 0. The minimum absolute atomic E-state index is 0.0146. The summed E-state index contributed by atoms with van der Waals surface area (Å²) in [7, 11) is 0. The fraction of sp³-hybridized carbons (Fsp3) is 0.278. The summed E-state index contributed by atoms with van der Waals surface area (Å²) in [5.41, 5.74) is 5.45. The first-order valence-corrected chi connectivity index (χ1v) is 7.54. The van der Waals surface area contributed by atoms with E-state index in [9.17, 15) is 4.79 Å². The van der Waals surface area contributed by atoms with E-state index in [-0.39, 0.29) is 11.8 Å². The molecule has 0 aliphatic heterocycles. The summed E-state index contributed by atoms with van der Waals surface area (Å²) in [6.07, 6.45) is 0. The predicted molar refractivity (Wildman–Crippen MR) is 89.0 cm³/mol. The number of aryl methyl sites for hydroxylation is 3. The van der Waals surface area contributed by atoms with Gasteiger partial charge in [0.15, 0.2) is 0 Å². The van der Waals surface area contributed by atoms with Gasteiger partial charge in [0.2, 0.25) is 5.91 Å². The number of alkyl halides is 1. The number of hydrogen-bond acceptors (Lipinski definition) is 1. The maximum absolute atomic E-state index is 12.3. The molecule has 2 aromatic rings. The van der Waals surface area contributed by atoms with Crippen LogP contribution in [-0.2, 0) is 11.3 Å². The number of carbonyl (C=O) groups excluding carboxylic acids is 1. The molecular formula is C18H20ClNO. The average molecular weight is 302 g/mol. The van der Waals surface area contributed by atoms with E-state index in [4.69, 9.17) is 11.6 Å². The van der Waals surface area contributed by atoms with Crippen molar-refractivity contribution in [2.45, 2.75) is 27.3 Å². The molecule has 110 valence electrons. The Bertz CT molecular complexity index is 651. The van der Waals surface area contributed by atoms with Crippen LogP contribution in [0.3, 0.4) is 0 Å². The second-order valence-corrected chi connectivity index (χ2v) is 5.60. The van der Waals surface area contributed by atoms with Crippen LogP contribution in [0.15, 0.2) is 42.5 Å². The number of anilines is 1. The molecule has 0 aliphatic rings. The van der Waals surface area contributed by atoms with Crippen LogP contribution in [0.2, 0.25) is 0 Å². The number of amides is 1. The molecule has 0 bridgehead atoms. The molecule has 0 aromatic heterocycles. The molecule has 0 atom stereocenters. The van der Waals surface area contributed by atoms with Gasteiger partial charge in [0, 0.05) is 5.69 Å². The zero-order valence-corrected chi connectivity index (χ0v) is 13.4. The molecule has 0 N–H and O–H groups in total. The van der Waals surface area contributed by atoms with Crippen molar-refractivity contribution in [3.8, 4) is 0 Å². The first-order valence-electron chi connectivity index (χ1n) is 7.01. The van der Waals surface area contributed by atoms with Crippen molar-refractivity contribution in [2.24, 2.45) is 0 Å². The molecule has 0 saturated carbocycles. The zero-order chi connectivity index (χ0) is 15.4. The quantitative estimate of drug-likeness (QED) is 0.767. The minimum Gasteiger partial charge on any atom is -0.307 e. The summed E-state index contributed by atoms with van der Waals surface area (Å²) in [4.78, 5) is 14.1. The van der Waals surface area contributed by atoms with E-state index in [1.54, 1.807) is 4.90 Å². The maximum Gasteiger partial charge on any atom is 0.242 e. The fourth-order valence-electron chi connectivity index (χ4n) is 2.35. The van der Waals surface area contributed by atoms with Crippen LogP contribution in [0, 0.1) is 20.8 Å². The van der Waals surface area contributed by atoms with Crippen molar-refractivity contribution < 1.29 is 4.79 Å². The summed E-state index contributed by atoms with van der Waals surface area (Å²) in [5, 5.41) is 0. The van der Waals surface area contributed by atoms with E-state index in [1.807, 2.05) is 38.1 Å². The largest absolute Gasteiger partial charge is 0.307 e. The molecule has 0 radical (unpaired) electrons. The first-order chi connectivity index (χ1) is 10.0. The van der Waals surface area contributed by atoms with Crippen LogP contribution >= 0.6 is 11.6 Å². The molecule has 2 nitrogen and oxygen atoms in total. The van der Waals surface area contributed by atoms with E-state index in [0.717, 1.165) is 22.4 Å². The number of rotatable bonds is 4. The van der Waals surface area contributed by atoms with E-state index in [0.29, 0.717) is 6.54 Å². The second-order valence-electron chi connectivity index (χ2n) is 5.33. The van der Waals surface area contributed by atoms with Gasteiger partial charge in [-0.25, -0.2) is 0 Å². The lowest BCUT2D eigenvalue weighted by Gasteiger charge is -2.25. The third-order valence-corrected chi connectivity index (χ3v) is 3.89. The monoisotopic (exact) mass is 301 g/mol. The topological polar surface area (TPSA) is 20.3 Å². The third kappa shape index (κ3) is 3.64. The minimum atomic E-state index is -0.0754. The highest BCUT2D eigenvalue weighted by Gasteiger charge is 2.18. The standard InChI is InChI=1S/C18H20ClNO/c1-13-8-9-15(3)17(10-13)20(18(21)11-19)12-16-7-5-4-6-14(16)2/h4-10H,11-12H2,1-3H3. The van der Waals surface area contributed by atoms with Crippen molar-refractivity contribution in [3.05, 3.63) is 64.7 Å². The Kier molecular flexibility index (Phi) is 5.03. The van der Waals surface area contributed by atoms with Gasteiger partial charge in [0.25, 0.3) is 0 Å². The zero-order valence-electron chi connectivity index (χ0n) is 12.7. The van der Waals surface area contributed by atoms with Gasteiger partial charge in [-0.2, -0.15) is 0 Å². The SMILES string of the molecule is Cc1ccc(C)c(N(Cc2ccccc2C)C(=O)CCl)c1. The maximum atomic E-state index is 12.3. The molecule has 3 heteroatoms. The summed E-state index contributed by atoms with van der Waals surface area (Å²) in [5.74, 6) is -0.0900. The van der Waals surface area contributed by atoms with E-state index in [2.05, 4.69) is 25.1 Å². The van der Waals surface area contributed by atoms with E-state index >= 15 is 0 Å². The van der Waals surface area contributed by atoms with Crippen LogP contribution in [0.1, 0.15) is 22.3 Å². The fourth-order valence-corrected chi connectivity index (χ4v) is 2.49. The molecule has 1 amide bonds. The van der Waals surface area contributed by atoms with Crippen LogP contribution in [0.5, 0.6) is 0 Å². The van der Waals surface area contributed by atoms with Gasteiger partial charge in [-0.05, 0) is 49.1 Å². The average Bonchev–Trinajstić information content (AvgIpc) is 2.48. The molecule has 0 unspecified atom stereocenters. The Hall–Kier alpha value is -1.80. The second kappa shape index (κ2) is 6.77. The summed E-state index contributed by atoms with van der Waals surface area (Å²) >= 11 is 5.80. The molecule has 0 fully saturated rings. The smallest absolute Gasteiger partial charge is 0.242 e. The lowest BCUT2D eigenvalue weighted by atomic mass is 10.1. The lowest BCUT2D eigenvalue weighted by Crippen LogP contribution is -2.32. The van der Waals surface area contributed by atoms with Gasteiger partial charge in [-0.15, -0.1) is 11.6 Å². The van der Waals surface area contributed by atoms with Crippen molar-refractivity contribution >= 4 is 23.2 Å². The van der Waals surface area contributed by atoms with Crippen molar-refractivity contribution in [1.29, 1.82) is 0 Å². The Balaban J connectivity index is 2.42. The molecule has 21 heavy (non-hydrogen) atoms. The molecule has 2 rings (SSSR count). The number of hydrogen-bond donors (Lipinski definition) is 0. The van der Waals surface area contributed by atoms with Gasteiger partial charge in [0.1, 0.15) is 5.88 Å². The molecule has 0 saturated heterocycles. The molecule has 0 aliphatic carbocycles. The number of carbonyl (C=O) groups is 1. The Labute approximate surface area is 131 Å². The Morgan fingerprint density at radius 2 is 1.76 bits per heavy atom. The predicted octanol–water partition coefficient (Wildman–Crippen LogP) is 4.38. The van der Waals surface area contributed by atoms with Crippen LogP contribution in [0.25, 0.3) is 0 Å². The normalized spacial score (nSPS) is 10.5. The first kappa shape index (κ1) is 15.6. The highest BCUT2D eigenvalue weighted by molar-refractivity contribution is 6.29. The van der Waals surface area contributed by atoms with E-state index < -0.39 is 0 Å². The van der Waals surface area contributed by atoms with Gasteiger partial charge >= 0.3 is 0 Å². The van der Waals surface area contributed by atoms with Gasteiger partial charge in [0.05, 0.1) is 6.54 Å². The molecule has 0 heterocycles. The van der Waals surface area contributed by atoms with Crippen molar-refractivity contribution in [3.63, 3.8) is 0 Å². The van der Waals surface area contributed by atoms with Gasteiger partial charge < -0.3 is 4.90 Å². The number of benzene rings is 2. The lowest BCUT2D eigenvalue weighted by molar-refractivity contribution is -0.116. The van der Waals surface area contributed by atoms with Crippen molar-refractivity contribution in [2.75, 3.05) is 10.8 Å². The van der Waals surface area contributed by atoms with Crippen LogP contribution in [0.4, 0.5) is 5.69 Å². The highest BCUT2D eigenvalue weighted by Crippen LogP contribution is 2.24. The van der Waals surface area contributed by atoms with Crippen molar-refractivity contribution in [1.82, 2.24) is 0 Å². The summed E-state index contributed by atoms with van der Waals surface area (Å²) in [6.45, 7) is 6.64. The molecule has 0 spiro atoms. The Morgan fingerprint density at radius 3 is 2.43 bits per heavy atom. The molecule has 2 aromatic carbocycles. The van der Waals surface area contributed by atoms with Crippen LogP contribution < -0.4 is 4.90 Å². The van der Waals surface area contributed by atoms with Gasteiger partial charge in [-0.1, -0.05) is 36.4 Å². The Morgan fingerprint density at radius 1 is 1.05 bits per heavy atom. The highest BCUT2D eigenvalue weighted by atomic mass is 35.5. The van der Waals surface area contributed by atoms with Gasteiger partial charge in [-0.3, -0.25) is 4.79 Å². The third-order valence-electron chi connectivity index (χ3n) is 3.66. The number of halogens is 1. The number of nitrogens with zero attached hydrogens (tertiary/aromatic N) is 1. The van der Waals surface area contributed by atoms with E-state index in [1.165, 1.54) is 5.56 Å². The summed E-state index contributed by atoms with van der Waals surface area (Å²) in [6, 6.07) is 14.2.